The number of esters is 1. The monoisotopic (exact) mass is 562 g/mol. The fraction of sp³-hybridized carbons (Fsp3) is 0.966. The fourth-order valence-corrected chi connectivity index (χ4v) is 7.08. The number of hydrogen-bond donors (Lipinski definition) is 0. The zero-order valence-corrected chi connectivity index (χ0v) is 25.9. The summed E-state index contributed by atoms with van der Waals surface area (Å²) in [6.45, 7) is 6.89. The summed E-state index contributed by atoms with van der Waals surface area (Å²) in [6.07, 6.45) is 19.5. The number of hydrogen-bond acceptors (Lipinski definition) is 7. The van der Waals surface area contributed by atoms with Gasteiger partial charge in [-0.2, -0.15) is 0 Å². The molecule has 0 spiro atoms. The van der Waals surface area contributed by atoms with E-state index in [-0.39, 0.29) is 25.5 Å². The average molecular weight is 563 g/mol. The van der Waals surface area contributed by atoms with Crippen LogP contribution in [0, 0.1) is 0 Å². The van der Waals surface area contributed by atoms with Crippen LogP contribution in [0.1, 0.15) is 124 Å². The number of likely N-dealkylation sites (tertiary alicyclic amines) is 1. The van der Waals surface area contributed by atoms with Gasteiger partial charge in [0.2, 0.25) is 6.23 Å². The normalized spacial score (nSPS) is 26.1. The highest BCUT2D eigenvalue weighted by Gasteiger charge is 2.51. The molecule has 0 radical (unpaired) electrons. The summed E-state index contributed by atoms with van der Waals surface area (Å²) >= 11 is 0. The molecule has 2 aliphatic rings. The molecular weight excluding hydrogens is 505 g/mol. The van der Waals surface area contributed by atoms with Crippen molar-refractivity contribution in [3.8, 4) is 0 Å². The van der Waals surface area contributed by atoms with Gasteiger partial charge in [0.05, 0.1) is 39.8 Å². The van der Waals surface area contributed by atoms with Crippen molar-refractivity contribution in [1.82, 2.24) is 0 Å². The summed E-state index contributed by atoms with van der Waals surface area (Å²) in [5.41, 5.74) is -1.07. The van der Waals surface area contributed by atoms with Crippen LogP contribution in [0.3, 0.4) is 0 Å². The van der Waals surface area contributed by atoms with E-state index in [1.165, 1.54) is 84.0 Å². The predicted octanol–water partition coefficient (Wildman–Crippen LogP) is 7.54. The number of unbranched alkanes of at least 4 members (excludes halogenated alkanes) is 13. The van der Waals surface area contributed by atoms with E-state index < -0.39 is 19.4 Å². The van der Waals surface area contributed by atoms with E-state index in [1.54, 1.807) is 6.92 Å². The lowest BCUT2D eigenvalue weighted by molar-refractivity contribution is -0.941. The van der Waals surface area contributed by atoms with Crippen LogP contribution >= 0.6 is 7.82 Å². The minimum atomic E-state index is -3.75. The molecule has 0 amide bonds. The number of rotatable bonds is 21. The minimum Gasteiger partial charge on any atom is -0.455 e. The van der Waals surface area contributed by atoms with Gasteiger partial charge in [0.1, 0.15) is 6.61 Å². The van der Waals surface area contributed by atoms with Gasteiger partial charge in [0.15, 0.2) is 5.60 Å². The van der Waals surface area contributed by atoms with Crippen LogP contribution in [0.5, 0.6) is 0 Å². The van der Waals surface area contributed by atoms with Gasteiger partial charge in [-0.25, -0.2) is 9.09 Å². The van der Waals surface area contributed by atoms with Crippen molar-refractivity contribution < 1.29 is 36.9 Å². The van der Waals surface area contributed by atoms with E-state index in [9.17, 15) is 9.36 Å². The third-order valence-electron chi connectivity index (χ3n) is 7.77. The molecule has 0 aliphatic carbocycles. The smallest absolute Gasteiger partial charge is 0.455 e. The Morgan fingerprint density at radius 1 is 0.895 bits per heavy atom. The number of carbonyl (C=O) groups excluding carboxylic acids is 1. The number of carbonyl (C=O) groups is 1. The van der Waals surface area contributed by atoms with Gasteiger partial charge in [-0.1, -0.05) is 90.4 Å². The molecule has 0 aromatic carbocycles. The first-order chi connectivity index (χ1) is 18.1. The molecule has 224 valence electrons. The molecule has 2 bridgehead atoms. The minimum absolute atomic E-state index is 0.116. The largest absolute Gasteiger partial charge is 0.479 e. The van der Waals surface area contributed by atoms with Gasteiger partial charge >= 0.3 is 13.8 Å². The molecule has 0 saturated carbocycles. The number of phosphoric acid groups is 1. The van der Waals surface area contributed by atoms with Crippen LogP contribution in [-0.2, 0) is 32.4 Å². The number of phosphoric ester groups is 1. The third kappa shape index (κ3) is 13.2. The van der Waals surface area contributed by atoms with Gasteiger partial charge < -0.3 is 14.0 Å². The van der Waals surface area contributed by atoms with Gasteiger partial charge in [0, 0.05) is 20.0 Å². The molecule has 8 nitrogen and oxygen atoms in total. The fourth-order valence-electron chi connectivity index (χ4n) is 5.28. The lowest BCUT2D eigenvalue weighted by Crippen LogP contribution is -2.58. The Labute approximate surface area is 232 Å². The first-order valence-corrected chi connectivity index (χ1v) is 16.7. The Hall–Kier alpha value is -0.500. The molecule has 9 heteroatoms. The van der Waals surface area contributed by atoms with Crippen LogP contribution in [-0.4, -0.2) is 68.8 Å². The van der Waals surface area contributed by atoms with Crippen molar-refractivity contribution in [3.63, 3.8) is 0 Å². The molecule has 2 heterocycles. The third-order valence-corrected chi connectivity index (χ3v) is 9.27. The summed E-state index contributed by atoms with van der Waals surface area (Å²) in [7, 11) is 0.371. The maximum absolute atomic E-state index is 13.2. The van der Waals surface area contributed by atoms with Gasteiger partial charge in [0.25, 0.3) is 0 Å². The van der Waals surface area contributed by atoms with Crippen LogP contribution in [0.25, 0.3) is 0 Å². The lowest BCUT2D eigenvalue weighted by atomic mass is 10.0. The summed E-state index contributed by atoms with van der Waals surface area (Å²) < 4.78 is 42.4. The molecule has 2 fully saturated rings. The van der Waals surface area contributed by atoms with Crippen molar-refractivity contribution in [2.45, 2.75) is 141 Å². The van der Waals surface area contributed by atoms with Crippen molar-refractivity contribution in [2.75, 3.05) is 40.5 Å². The number of fused-ring (bicyclic) bond motifs is 2. The molecule has 2 saturated heterocycles. The standard InChI is InChI=1S/C29H57NO7P/c1-6-7-8-9-10-11-12-13-14-15-16-17-18-19-22-33-24-29(3,35-26(2)31)25-34-38(32)36-27-20-21-30(4,5)28(23-27)37-38/h27-28H,6-25H2,1-5H3/q+1. The highest BCUT2D eigenvalue weighted by atomic mass is 31.2. The molecular formula is C29H57NO7P+. The summed E-state index contributed by atoms with van der Waals surface area (Å²) in [5, 5.41) is 0. The SMILES string of the molecule is CCCCCCCCCCCCCCCCOCC(C)(COP1(=O)OC2CC[N+](C)(C)C(C2)O1)OC(C)=O. The van der Waals surface area contributed by atoms with Crippen LogP contribution in [0.15, 0.2) is 0 Å². The van der Waals surface area contributed by atoms with Gasteiger partial charge in [-0.15, -0.1) is 0 Å². The van der Waals surface area contributed by atoms with E-state index in [4.69, 9.17) is 23.0 Å². The Kier molecular flexibility index (Phi) is 15.4. The van der Waals surface area contributed by atoms with Crippen LogP contribution < -0.4 is 0 Å². The molecule has 2 rings (SSSR count). The van der Waals surface area contributed by atoms with E-state index in [1.807, 2.05) is 0 Å². The van der Waals surface area contributed by atoms with Crippen molar-refractivity contribution in [2.24, 2.45) is 0 Å². The molecule has 38 heavy (non-hydrogen) atoms. The second-order valence-corrected chi connectivity index (χ2v) is 13.8. The summed E-state index contributed by atoms with van der Waals surface area (Å²) in [5.74, 6) is -0.436. The Balaban J connectivity index is 1.57. The Morgan fingerprint density at radius 3 is 2.00 bits per heavy atom. The number of piperidine rings is 1. The van der Waals surface area contributed by atoms with Gasteiger partial charge in [-0.05, 0) is 13.3 Å². The van der Waals surface area contributed by atoms with Crippen LogP contribution in [0.2, 0.25) is 0 Å². The van der Waals surface area contributed by atoms with Crippen molar-refractivity contribution >= 4 is 13.8 Å². The average Bonchev–Trinajstić information content (AvgIpc) is 2.85. The molecule has 2 aliphatic heterocycles. The van der Waals surface area contributed by atoms with E-state index in [0.717, 1.165) is 25.8 Å². The zero-order valence-electron chi connectivity index (χ0n) is 25.0. The molecule has 0 aromatic rings. The Morgan fingerprint density at radius 2 is 1.45 bits per heavy atom. The Bertz CT molecular complexity index is 719. The second kappa shape index (κ2) is 17.3. The molecule has 4 unspecified atom stereocenters. The topological polar surface area (TPSA) is 80.3 Å². The predicted molar refractivity (Wildman–Crippen MR) is 151 cm³/mol. The zero-order chi connectivity index (χ0) is 27.9. The van der Waals surface area contributed by atoms with E-state index >= 15 is 0 Å². The molecule has 0 aromatic heterocycles. The van der Waals surface area contributed by atoms with Crippen molar-refractivity contribution in [3.05, 3.63) is 0 Å². The highest BCUT2D eigenvalue weighted by Crippen LogP contribution is 2.58. The van der Waals surface area contributed by atoms with Gasteiger partial charge in [-0.3, -0.25) is 13.8 Å². The summed E-state index contributed by atoms with van der Waals surface area (Å²) in [4.78, 5) is 11.7. The lowest BCUT2D eigenvalue weighted by Gasteiger charge is -2.47. The number of ether oxygens (including phenoxy) is 2. The second-order valence-electron chi connectivity index (χ2n) is 12.2. The highest BCUT2D eigenvalue weighted by molar-refractivity contribution is 7.48. The number of nitrogens with zero attached hydrogens (tertiary/aromatic N) is 1. The maximum atomic E-state index is 13.2. The first kappa shape index (κ1) is 33.7. The molecule has 0 N–H and O–H groups in total. The molecule has 4 atom stereocenters. The van der Waals surface area contributed by atoms with E-state index in [0.29, 0.717) is 17.5 Å². The maximum Gasteiger partial charge on any atom is 0.479 e. The van der Waals surface area contributed by atoms with Crippen molar-refractivity contribution in [1.29, 1.82) is 0 Å². The quantitative estimate of drug-likeness (QED) is 0.0619. The number of quaternary nitrogens is 1. The van der Waals surface area contributed by atoms with E-state index in [2.05, 4.69) is 21.0 Å². The first-order valence-electron chi connectivity index (χ1n) is 15.3. The van der Waals surface area contributed by atoms with Crippen LogP contribution in [0.4, 0.5) is 0 Å². The summed E-state index contributed by atoms with van der Waals surface area (Å²) in [6, 6.07) is 0.